The number of rotatable bonds is 6. The van der Waals surface area contributed by atoms with E-state index in [1.165, 1.54) is 20.0 Å². The molecule has 0 aromatic carbocycles. The molecule has 1 aliphatic carbocycles. The molecule has 0 saturated heterocycles. The molecule has 0 aromatic rings. The van der Waals surface area contributed by atoms with Gasteiger partial charge in [-0.25, -0.2) is 0 Å². The number of methoxy groups -OCH3 is 1. The first kappa shape index (κ1) is 12.5. The number of carbonyl (C=O) groups is 1. The van der Waals surface area contributed by atoms with Gasteiger partial charge in [0, 0.05) is 12.5 Å². The van der Waals surface area contributed by atoms with Crippen LogP contribution in [0.2, 0.25) is 0 Å². The van der Waals surface area contributed by atoms with Gasteiger partial charge in [-0.3, -0.25) is 4.79 Å². The Labute approximate surface area is 92.6 Å². The van der Waals surface area contributed by atoms with E-state index in [2.05, 4.69) is 23.9 Å². The second kappa shape index (κ2) is 6.11. The van der Waals surface area contributed by atoms with E-state index >= 15 is 0 Å². The predicted molar refractivity (Wildman–Crippen MR) is 60.6 cm³/mol. The lowest BCUT2D eigenvalue weighted by molar-refractivity contribution is -0.140. The zero-order valence-electron chi connectivity index (χ0n) is 10.1. The van der Waals surface area contributed by atoms with Crippen LogP contribution < -0.4 is 5.32 Å². The third-order valence-electron chi connectivity index (χ3n) is 3.34. The van der Waals surface area contributed by atoms with Crippen LogP contribution >= 0.6 is 0 Å². The van der Waals surface area contributed by atoms with Gasteiger partial charge in [-0.1, -0.05) is 13.8 Å². The Kier molecular flexibility index (Phi) is 5.09. The molecule has 3 heteroatoms. The third kappa shape index (κ3) is 4.20. The van der Waals surface area contributed by atoms with Gasteiger partial charge in [0.2, 0.25) is 0 Å². The molecule has 0 aromatic heterocycles. The minimum Gasteiger partial charge on any atom is -0.469 e. The summed E-state index contributed by atoms with van der Waals surface area (Å²) in [6.45, 7) is 5.51. The van der Waals surface area contributed by atoms with Crippen molar-refractivity contribution in [2.45, 2.75) is 45.6 Å². The monoisotopic (exact) mass is 213 g/mol. The topological polar surface area (TPSA) is 38.3 Å². The zero-order valence-corrected chi connectivity index (χ0v) is 10.1. The van der Waals surface area contributed by atoms with Gasteiger partial charge in [0.15, 0.2) is 0 Å². The number of ether oxygens (including phenoxy) is 1. The maximum Gasteiger partial charge on any atom is 0.305 e. The van der Waals surface area contributed by atoms with Gasteiger partial charge < -0.3 is 10.1 Å². The van der Waals surface area contributed by atoms with Crippen molar-refractivity contribution in [2.24, 2.45) is 11.8 Å². The van der Waals surface area contributed by atoms with E-state index < -0.39 is 0 Å². The SMILES string of the molecule is COC(=O)CCCNC1CC(C(C)C)C1. The maximum absolute atomic E-state index is 10.8. The molecular formula is C12H23NO2. The van der Waals surface area contributed by atoms with Crippen molar-refractivity contribution in [1.29, 1.82) is 0 Å². The standard InChI is InChI=1S/C12H23NO2/c1-9(2)10-7-11(8-10)13-6-4-5-12(14)15-3/h9-11,13H,4-8H2,1-3H3. The molecule has 1 fully saturated rings. The van der Waals surface area contributed by atoms with Crippen LogP contribution in [0.4, 0.5) is 0 Å². The van der Waals surface area contributed by atoms with E-state index in [4.69, 9.17) is 0 Å². The summed E-state index contributed by atoms with van der Waals surface area (Å²) in [5.41, 5.74) is 0. The maximum atomic E-state index is 10.8. The van der Waals surface area contributed by atoms with Crippen molar-refractivity contribution in [3.8, 4) is 0 Å². The van der Waals surface area contributed by atoms with Crippen molar-refractivity contribution in [1.82, 2.24) is 5.32 Å². The quantitative estimate of drug-likeness (QED) is 0.541. The Morgan fingerprint density at radius 3 is 2.67 bits per heavy atom. The molecule has 3 nitrogen and oxygen atoms in total. The fourth-order valence-corrected chi connectivity index (χ4v) is 2.01. The van der Waals surface area contributed by atoms with Crippen LogP contribution in [0.15, 0.2) is 0 Å². The molecule has 0 spiro atoms. The van der Waals surface area contributed by atoms with E-state index in [1.807, 2.05) is 0 Å². The van der Waals surface area contributed by atoms with Crippen molar-refractivity contribution in [3.05, 3.63) is 0 Å². The highest BCUT2D eigenvalue weighted by Gasteiger charge is 2.30. The molecule has 0 amide bonds. The van der Waals surface area contributed by atoms with Gasteiger partial charge >= 0.3 is 5.97 Å². The van der Waals surface area contributed by atoms with Gasteiger partial charge in [0.05, 0.1) is 7.11 Å². The predicted octanol–water partition coefficient (Wildman–Crippen LogP) is 1.96. The highest BCUT2D eigenvalue weighted by Crippen LogP contribution is 2.33. The molecule has 0 aliphatic heterocycles. The molecule has 0 atom stereocenters. The summed E-state index contributed by atoms with van der Waals surface area (Å²) >= 11 is 0. The zero-order chi connectivity index (χ0) is 11.3. The molecule has 0 bridgehead atoms. The Morgan fingerprint density at radius 1 is 1.47 bits per heavy atom. The number of carbonyl (C=O) groups excluding carboxylic acids is 1. The lowest BCUT2D eigenvalue weighted by atomic mass is 9.74. The number of esters is 1. The van der Waals surface area contributed by atoms with Crippen LogP contribution in [0, 0.1) is 11.8 Å². The van der Waals surface area contributed by atoms with Crippen LogP contribution in [0.5, 0.6) is 0 Å². The van der Waals surface area contributed by atoms with Gasteiger partial charge in [-0.2, -0.15) is 0 Å². The first-order valence-electron chi connectivity index (χ1n) is 5.93. The van der Waals surface area contributed by atoms with E-state index in [9.17, 15) is 4.79 Å². The summed E-state index contributed by atoms with van der Waals surface area (Å²) in [5.74, 6) is 1.62. The minimum atomic E-state index is -0.106. The average molecular weight is 213 g/mol. The summed E-state index contributed by atoms with van der Waals surface area (Å²) in [6, 6.07) is 0.690. The number of nitrogens with one attached hydrogen (secondary N) is 1. The summed E-state index contributed by atoms with van der Waals surface area (Å²) in [6.07, 6.45) is 4.02. The van der Waals surface area contributed by atoms with Gasteiger partial charge in [0.1, 0.15) is 0 Å². The number of hydrogen-bond acceptors (Lipinski definition) is 3. The molecule has 1 aliphatic rings. The fourth-order valence-electron chi connectivity index (χ4n) is 2.01. The van der Waals surface area contributed by atoms with E-state index in [0.29, 0.717) is 12.5 Å². The lowest BCUT2D eigenvalue weighted by Crippen LogP contribution is -2.43. The molecule has 0 heterocycles. The van der Waals surface area contributed by atoms with Gasteiger partial charge in [-0.05, 0) is 37.6 Å². The van der Waals surface area contributed by atoms with Crippen LogP contribution in [0.3, 0.4) is 0 Å². The van der Waals surface area contributed by atoms with Crippen LogP contribution in [0.1, 0.15) is 39.5 Å². The normalized spacial score (nSPS) is 25.1. The third-order valence-corrected chi connectivity index (χ3v) is 3.34. The number of hydrogen-bond donors (Lipinski definition) is 1. The van der Waals surface area contributed by atoms with E-state index in [1.54, 1.807) is 0 Å². The van der Waals surface area contributed by atoms with Crippen molar-refractivity contribution in [3.63, 3.8) is 0 Å². The summed E-state index contributed by atoms with van der Waals surface area (Å²) in [7, 11) is 1.44. The highest BCUT2D eigenvalue weighted by atomic mass is 16.5. The van der Waals surface area contributed by atoms with Crippen molar-refractivity contribution >= 4 is 5.97 Å². The van der Waals surface area contributed by atoms with Gasteiger partial charge in [-0.15, -0.1) is 0 Å². The molecule has 88 valence electrons. The molecule has 15 heavy (non-hydrogen) atoms. The second-order valence-corrected chi connectivity index (χ2v) is 4.81. The molecular weight excluding hydrogens is 190 g/mol. The second-order valence-electron chi connectivity index (χ2n) is 4.81. The Balaban J connectivity index is 1.93. The first-order valence-corrected chi connectivity index (χ1v) is 5.93. The molecule has 0 unspecified atom stereocenters. The molecule has 0 radical (unpaired) electrons. The van der Waals surface area contributed by atoms with E-state index in [0.717, 1.165) is 24.8 Å². The Bertz CT molecular complexity index is 198. The largest absolute Gasteiger partial charge is 0.469 e. The summed E-state index contributed by atoms with van der Waals surface area (Å²) in [5, 5.41) is 3.48. The smallest absolute Gasteiger partial charge is 0.305 e. The molecule has 1 saturated carbocycles. The summed E-state index contributed by atoms with van der Waals surface area (Å²) in [4.78, 5) is 10.8. The molecule has 1 rings (SSSR count). The Morgan fingerprint density at radius 2 is 2.13 bits per heavy atom. The van der Waals surface area contributed by atoms with Crippen molar-refractivity contribution in [2.75, 3.05) is 13.7 Å². The fraction of sp³-hybridized carbons (Fsp3) is 0.917. The summed E-state index contributed by atoms with van der Waals surface area (Å²) < 4.78 is 4.58. The highest BCUT2D eigenvalue weighted by molar-refractivity contribution is 5.69. The first-order chi connectivity index (χ1) is 7.13. The molecule has 1 N–H and O–H groups in total. The van der Waals surface area contributed by atoms with E-state index in [-0.39, 0.29) is 5.97 Å². The van der Waals surface area contributed by atoms with Crippen LogP contribution in [0.25, 0.3) is 0 Å². The van der Waals surface area contributed by atoms with Gasteiger partial charge in [0.25, 0.3) is 0 Å². The minimum absolute atomic E-state index is 0.106. The lowest BCUT2D eigenvalue weighted by Gasteiger charge is -2.38. The van der Waals surface area contributed by atoms with Crippen LogP contribution in [-0.4, -0.2) is 25.7 Å². The Hall–Kier alpha value is -0.570. The average Bonchev–Trinajstić information content (AvgIpc) is 2.13. The van der Waals surface area contributed by atoms with Crippen LogP contribution in [-0.2, 0) is 9.53 Å². The van der Waals surface area contributed by atoms with Crippen molar-refractivity contribution < 1.29 is 9.53 Å².